The molecular weight excluding hydrogens is 700 g/mol. The number of aliphatic hydroxyl groups is 1. The summed E-state index contributed by atoms with van der Waals surface area (Å²) in [6, 6.07) is 15.3. The summed E-state index contributed by atoms with van der Waals surface area (Å²) in [7, 11) is 0. The van der Waals surface area contributed by atoms with Crippen molar-refractivity contribution in [2.45, 2.75) is 52.7 Å². The van der Waals surface area contributed by atoms with E-state index >= 15 is 0 Å². The maximum atomic E-state index is 13.2. The van der Waals surface area contributed by atoms with Crippen LogP contribution in [0, 0.1) is 7.40 Å². The second-order valence-corrected chi connectivity index (χ2v) is 11.4. The summed E-state index contributed by atoms with van der Waals surface area (Å²) >= 11 is 4.33. The van der Waals surface area contributed by atoms with E-state index in [1.165, 1.54) is 4.57 Å². The van der Waals surface area contributed by atoms with Gasteiger partial charge in [-0.1, -0.05) is 30.3 Å². The van der Waals surface area contributed by atoms with Gasteiger partial charge in [-0.2, -0.15) is 0 Å². The van der Waals surface area contributed by atoms with E-state index in [-0.39, 0.29) is 6.73 Å². The third kappa shape index (κ3) is 6.47. The molecule has 1 atom stereocenters. The number of aliphatic hydroxyl groups excluding tert-OH is 1. The molecule has 0 fully saturated rings. The molecule has 0 radical (unpaired) electrons. The molecule has 1 unspecified atom stereocenters. The van der Waals surface area contributed by atoms with Crippen LogP contribution in [0.5, 0.6) is 5.75 Å². The fourth-order valence-corrected chi connectivity index (χ4v) is 4.86. The Labute approximate surface area is 243 Å². The van der Waals surface area contributed by atoms with Crippen molar-refractivity contribution in [2.24, 2.45) is 0 Å². The molecule has 2 aromatic heterocycles. The Morgan fingerprint density at radius 1 is 1.14 bits per heavy atom. The molecule has 0 amide bonds. The van der Waals surface area contributed by atoms with Crippen LogP contribution in [-0.4, -0.2) is 37.5 Å². The zero-order valence-electron chi connectivity index (χ0n) is 21.1. The van der Waals surface area contributed by atoms with Crippen molar-refractivity contribution in [2.75, 3.05) is 6.61 Å². The van der Waals surface area contributed by atoms with E-state index in [2.05, 4.69) is 50.2 Å². The highest BCUT2D eigenvalue weighted by Gasteiger charge is 2.28. The highest BCUT2D eigenvalue weighted by Crippen LogP contribution is 2.34. The average molecular weight is 729 g/mol. The number of hydrogen-bond acceptors (Lipinski definition) is 6. The number of nitrogens with zero attached hydrogens (tertiary/aromatic N) is 3. The van der Waals surface area contributed by atoms with Crippen molar-refractivity contribution in [1.29, 1.82) is 0 Å². The first-order valence-electron chi connectivity index (χ1n) is 11.8. The van der Waals surface area contributed by atoms with Crippen LogP contribution >= 0.6 is 45.2 Å². The molecule has 0 bridgehead atoms. The van der Waals surface area contributed by atoms with Crippen LogP contribution in [0.25, 0.3) is 10.9 Å². The number of benzene rings is 2. The minimum atomic E-state index is -1.10. The lowest BCUT2D eigenvalue weighted by Gasteiger charge is -2.19. The SMILES string of the molecule is CCOCn1c(C(O)c2cn(C(=O)OC(C)(C)C)c3cc(OCc4ccccc4)ccc23)nc(I)c1I. The van der Waals surface area contributed by atoms with Gasteiger partial charge in [-0.25, -0.2) is 9.78 Å². The molecule has 1 N–H and O–H groups in total. The quantitative estimate of drug-likeness (QED) is 0.209. The highest BCUT2D eigenvalue weighted by atomic mass is 127. The van der Waals surface area contributed by atoms with E-state index in [1.54, 1.807) is 12.3 Å². The van der Waals surface area contributed by atoms with E-state index < -0.39 is 17.8 Å². The first-order chi connectivity index (χ1) is 17.6. The molecule has 196 valence electrons. The first-order valence-corrected chi connectivity index (χ1v) is 14.0. The van der Waals surface area contributed by atoms with Gasteiger partial charge in [0.05, 0.1) is 5.52 Å². The van der Waals surface area contributed by atoms with Crippen molar-refractivity contribution in [3.05, 3.63) is 79.1 Å². The number of aromatic nitrogens is 3. The predicted molar refractivity (Wildman–Crippen MR) is 158 cm³/mol. The van der Waals surface area contributed by atoms with Crippen LogP contribution in [0.2, 0.25) is 0 Å². The van der Waals surface area contributed by atoms with E-state index in [4.69, 9.17) is 14.2 Å². The number of rotatable bonds is 8. The molecule has 0 aliphatic rings. The smallest absolute Gasteiger partial charge is 0.419 e. The van der Waals surface area contributed by atoms with Gasteiger partial charge in [0.2, 0.25) is 0 Å². The third-order valence-electron chi connectivity index (χ3n) is 5.51. The Hall–Kier alpha value is -2.16. The van der Waals surface area contributed by atoms with Crippen molar-refractivity contribution >= 4 is 62.2 Å². The predicted octanol–water partition coefficient (Wildman–Crippen LogP) is 6.48. The average Bonchev–Trinajstić information content (AvgIpc) is 3.38. The van der Waals surface area contributed by atoms with E-state index in [0.717, 1.165) is 13.0 Å². The number of ether oxygens (including phenoxy) is 3. The van der Waals surface area contributed by atoms with Gasteiger partial charge in [-0.05, 0) is 90.6 Å². The molecule has 2 aromatic carbocycles. The van der Waals surface area contributed by atoms with Gasteiger partial charge in [0.1, 0.15) is 44.0 Å². The number of carbonyl (C=O) groups excluding carboxylic acids is 1. The van der Waals surface area contributed by atoms with E-state index in [1.807, 2.05) is 74.7 Å². The number of carbonyl (C=O) groups is 1. The maximum absolute atomic E-state index is 13.2. The summed E-state index contributed by atoms with van der Waals surface area (Å²) in [6.07, 6.45) is -0.0261. The Balaban J connectivity index is 1.76. The van der Waals surface area contributed by atoms with Crippen LogP contribution in [0.3, 0.4) is 0 Å². The minimum absolute atomic E-state index is 0.263. The summed E-state index contributed by atoms with van der Waals surface area (Å²) in [4.78, 5) is 17.8. The lowest BCUT2D eigenvalue weighted by molar-refractivity contribution is 0.0543. The summed E-state index contributed by atoms with van der Waals surface area (Å²) < 4.78 is 22.2. The number of fused-ring (bicyclic) bond motifs is 1. The van der Waals surface area contributed by atoms with Gasteiger partial charge >= 0.3 is 6.09 Å². The second-order valence-electron chi connectivity index (χ2n) is 9.39. The normalized spacial score (nSPS) is 12.6. The van der Waals surface area contributed by atoms with Gasteiger partial charge in [-0.3, -0.25) is 9.13 Å². The van der Waals surface area contributed by atoms with Gasteiger partial charge in [0, 0.05) is 29.8 Å². The fraction of sp³-hybridized carbons (Fsp3) is 0.333. The topological polar surface area (TPSA) is 87.7 Å². The van der Waals surface area contributed by atoms with Gasteiger partial charge in [-0.15, -0.1) is 0 Å². The molecule has 10 heteroatoms. The van der Waals surface area contributed by atoms with Crippen LogP contribution in [0.15, 0.2) is 54.7 Å². The number of halogens is 2. The van der Waals surface area contributed by atoms with Crippen molar-refractivity contribution in [3.63, 3.8) is 0 Å². The van der Waals surface area contributed by atoms with Gasteiger partial charge in [0.15, 0.2) is 0 Å². The van der Waals surface area contributed by atoms with Crippen molar-refractivity contribution in [1.82, 2.24) is 14.1 Å². The standard InChI is InChI=1S/C27H29I2N3O5/c1-5-35-16-32-24(29)23(28)30-25(32)22(33)20-14-31(26(34)37-27(2,3)4)21-13-18(11-12-19(20)21)36-15-17-9-7-6-8-10-17/h6-14,22,33H,5,15-16H2,1-4H3. The van der Waals surface area contributed by atoms with Gasteiger partial charge in [0.25, 0.3) is 0 Å². The summed E-state index contributed by atoms with van der Waals surface area (Å²) in [5.41, 5.74) is 1.45. The molecule has 4 aromatic rings. The molecule has 0 aliphatic heterocycles. The zero-order chi connectivity index (χ0) is 26.7. The van der Waals surface area contributed by atoms with Crippen molar-refractivity contribution in [3.8, 4) is 5.75 Å². The van der Waals surface area contributed by atoms with Crippen LogP contribution < -0.4 is 4.74 Å². The second kappa shape index (κ2) is 11.7. The molecule has 0 aliphatic carbocycles. The Bertz CT molecular complexity index is 1390. The van der Waals surface area contributed by atoms with Crippen LogP contribution in [0.1, 0.15) is 50.8 Å². The Morgan fingerprint density at radius 2 is 1.86 bits per heavy atom. The number of imidazole rings is 1. The lowest BCUT2D eigenvalue weighted by Crippen LogP contribution is -2.26. The fourth-order valence-electron chi connectivity index (χ4n) is 3.82. The highest BCUT2D eigenvalue weighted by molar-refractivity contribution is 14.1. The van der Waals surface area contributed by atoms with Gasteiger partial charge < -0.3 is 19.3 Å². The molecular formula is C27H29I2N3O5. The van der Waals surface area contributed by atoms with E-state index in [9.17, 15) is 9.90 Å². The Kier molecular flexibility index (Phi) is 8.81. The van der Waals surface area contributed by atoms with Crippen LogP contribution in [-0.2, 0) is 22.8 Å². The zero-order valence-corrected chi connectivity index (χ0v) is 25.4. The van der Waals surface area contributed by atoms with E-state index in [0.29, 0.717) is 41.3 Å². The van der Waals surface area contributed by atoms with Crippen molar-refractivity contribution < 1.29 is 24.1 Å². The number of hydrogen-bond donors (Lipinski definition) is 1. The minimum Gasteiger partial charge on any atom is -0.489 e. The molecule has 0 saturated heterocycles. The molecule has 0 spiro atoms. The molecule has 4 rings (SSSR count). The molecule has 0 saturated carbocycles. The summed E-state index contributed by atoms with van der Waals surface area (Å²) in [6.45, 7) is 8.54. The maximum Gasteiger partial charge on any atom is 0.419 e. The first kappa shape index (κ1) is 27.9. The molecule has 8 nitrogen and oxygen atoms in total. The third-order valence-corrected chi connectivity index (χ3v) is 8.38. The molecule has 37 heavy (non-hydrogen) atoms. The van der Waals surface area contributed by atoms with Crippen LogP contribution in [0.4, 0.5) is 4.79 Å². The largest absolute Gasteiger partial charge is 0.489 e. The Morgan fingerprint density at radius 3 is 2.54 bits per heavy atom. The molecule has 2 heterocycles. The summed E-state index contributed by atoms with van der Waals surface area (Å²) in [5.74, 6) is 1.04. The summed E-state index contributed by atoms with van der Waals surface area (Å²) in [5, 5.41) is 12.2. The monoisotopic (exact) mass is 729 g/mol. The lowest BCUT2D eigenvalue weighted by atomic mass is 10.1.